The molecule has 8 heteroatoms. The van der Waals surface area contributed by atoms with E-state index in [1.165, 1.54) is 6.07 Å². The molecule has 0 bridgehead atoms. The number of nitrogens with one attached hydrogen (secondary N) is 1. The largest absolute Gasteiger partial charge is 0.475 e. The molecular formula is C21H31N3O5. The first kappa shape index (κ1) is 21.4. The predicted molar refractivity (Wildman–Crippen MR) is 106 cm³/mol. The molecule has 0 aliphatic carbocycles. The van der Waals surface area contributed by atoms with Crippen LogP contribution in [0.4, 0.5) is 0 Å². The number of nitrogens with zero attached hydrogens (tertiary/aromatic N) is 2. The van der Waals surface area contributed by atoms with E-state index in [4.69, 9.17) is 9.52 Å². The van der Waals surface area contributed by atoms with Crippen LogP contribution in [0.15, 0.2) is 16.5 Å². The minimum atomic E-state index is -1.09. The van der Waals surface area contributed by atoms with Gasteiger partial charge in [0.15, 0.2) is 0 Å². The molecule has 1 aromatic rings. The minimum Gasteiger partial charge on any atom is -0.475 e. The van der Waals surface area contributed by atoms with Gasteiger partial charge in [-0.2, -0.15) is 0 Å². The molecule has 2 amide bonds. The Morgan fingerprint density at radius 3 is 2.55 bits per heavy atom. The molecule has 3 heterocycles. The van der Waals surface area contributed by atoms with Gasteiger partial charge >= 0.3 is 5.97 Å². The molecule has 1 atom stereocenters. The van der Waals surface area contributed by atoms with Gasteiger partial charge in [0.2, 0.25) is 17.6 Å². The molecular weight excluding hydrogens is 374 g/mol. The fraction of sp³-hybridized carbons (Fsp3) is 0.667. The number of carboxylic acid groups (broad SMARTS) is 1. The summed E-state index contributed by atoms with van der Waals surface area (Å²) in [6.07, 6.45) is 2.58. The van der Waals surface area contributed by atoms with Crippen LogP contribution < -0.4 is 5.32 Å². The Bertz CT molecular complexity index is 764. The van der Waals surface area contributed by atoms with E-state index in [1.54, 1.807) is 6.07 Å². The maximum atomic E-state index is 13.1. The Morgan fingerprint density at radius 2 is 2.00 bits per heavy atom. The number of rotatable bonds is 7. The number of carbonyl (C=O) groups is 3. The molecule has 3 rings (SSSR count). The molecule has 0 saturated carbocycles. The SMILES string of the molecule is CCCN1C(=O)C(CC(C)C)NC(=O)C12CCN(Cc1ccc(C(=O)O)o1)CC2. The first-order valence-electron chi connectivity index (χ1n) is 10.4. The van der Waals surface area contributed by atoms with Gasteiger partial charge in [0.05, 0.1) is 6.54 Å². The maximum Gasteiger partial charge on any atom is 0.371 e. The summed E-state index contributed by atoms with van der Waals surface area (Å²) >= 11 is 0. The highest BCUT2D eigenvalue weighted by atomic mass is 16.4. The number of carbonyl (C=O) groups excluding carboxylic acids is 2. The Balaban J connectivity index is 1.70. The fourth-order valence-electron chi connectivity index (χ4n) is 4.43. The average molecular weight is 405 g/mol. The van der Waals surface area contributed by atoms with Gasteiger partial charge in [0.25, 0.3) is 0 Å². The number of aromatic carboxylic acids is 1. The van der Waals surface area contributed by atoms with Crippen molar-refractivity contribution < 1.29 is 23.9 Å². The number of furan rings is 1. The van der Waals surface area contributed by atoms with Crippen LogP contribution in [0.1, 0.15) is 62.8 Å². The van der Waals surface area contributed by atoms with Crippen molar-refractivity contribution in [3.63, 3.8) is 0 Å². The number of hydrogen-bond acceptors (Lipinski definition) is 5. The highest BCUT2D eigenvalue weighted by Gasteiger charge is 2.53. The fourth-order valence-corrected chi connectivity index (χ4v) is 4.43. The van der Waals surface area contributed by atoms with Crippen LogP contribution in [0.25, 0.3) is 0 Å². The van der Waals surface area contributed by atoms with E-state index >= 15 is 0 Å². The third-order valence-electron chi connectivity index (χ3n) is 5.90. The van der Waals surface area contributed by atoms with Gasteiger partial charge in [0.1, 0.15) is 17.3 Å². The zero-order valence-electron chi connectivity index (χ0n) is 17.4. The molecule has 160 valence electrons. The second-order valence-corrected chi connectivity index (χ2v) is 8.52. The number of hydrogen-bond donors (Lipinski definition) is 2. The van der Waals surface area contributed by atoms with Crippen molar-refractivity contribution in [2.24, 2.45) is 5.92 Å². The van der Waals surface area contributed by atoms with Gasteiger partial charge in [-0.15, -0.1) is 0 Å². The summed E-state index contributed by atoms with van der Waals surface area (Å²) in [6.45, 7) is 8.48. The summed E-state index contributed by atoms with van der Waals surface area (Å²) < 4.78 is 5.35. The second kappa shape index (κ2) is 8.57. The summed E-state index contributed by atoms with van der Waals surface area (Å²) in [5.74, 6) is -0.251. The number of piperidine rings is 1. The molecule has 1 unspecified atom stereocenters. The van der Waals surface area contributed by atoms with E-state index in [1.807, 2.05) is 11.8 Å². The van der Waals surface area contributed by atoms with Gasteiger partial charge in [0, 0.05) is 19.6 Å². The van der Waals surface area contributed by atoms with Crippen molar-refractivity contribution in [1.29, 1.82) is 0 Å². The molecule has 1 spiro atoms. The van der Waals surface area contributed by atoms with Crippen molar-refractivity contribution in [1.82, 2.24) is 15.1 Å². The van der Waals surface area contributed by atoms with Crippen LogP contribution in [0.5, 0.6) is 0 Å². The summed E-state index contributed by atoms with van der Waals surface area (Å²) in [7, 11) is 0. The van der Waals surface area contributed by atoms with E-state index in [2.05, 4.69) is 24.1 Å². The lowest BCUT2D eigenvalue weighted by Gasteiger charge is -2.51. The van der Waals surface area contributed by atoms with Crippen molar-refractivity contribution in [2.75, 3.05) is 19.6 Å². The third kappa shape index (κ3) is 4.32. The summed E-state index contributed by atoms with van der Waals surface area (Å²) in [4.78, 5) is 41.2. The standard InChI is InChI=1S/C21H31N3O5/c1-4-9-24-18(25)16(12-14(2)3)22-20(28)21(24)7-10-23(11-8-21)13-15-5-6-17(29-15)19(26)27/h5-6,14,16H,4,7-13H2,1-3H3,(H,22,28)(H,26,27). The van der Waals surface area contributed by atoms with Crippen LogP contribution in [0.2, 0.25) is 0 Å². The van der Waals surface area contributed by atoms with Crippen molar-refractivity contribution in [3.8, 4) is 0 Å². The van der Waals surface area contributed by atoms with E-state index in [-0.39, 0.29) is 17.6 Å². The topological polar surface area (TPSA) is 103 Å². The van der Waals surface area contributed by atoms with Gasteiger partial charge in [-0.3, -0.25) is 14.5 Å². The molecule has 29 heavy (non-hydrogen) atoms. The van der Waals surface area contributed by atoms with Crippen LogP contribution in [0, 0.1) is 5.92 Å². The Labute approximate surface area is 171 Å². The number of carboxylic acids is 1. The summed E-state index contributed by atoms with van der Waals surface area (Å²) in [5, 5.41) is 12.0. The molecule has 2 fully saturated rings. The van der Waals surface area contributed by atoms with Crippen LogP contribution in [-0.2, 0) is 16.1 Å². The van der Waals surface area contributed by atoms with Crippen LogP contribution in [0.3, 0.4) is 0 Å². The van der Waals surface area contributed by atoms with E-state index in [0.717, 1.165) is 6.42 Å². The molecule has 2 saturated heterocycles. The van der Waals surface area contributed by atoms with Crippen molar-refractivity contribution in [2.45, 2.75) is 64.6 Å². The number of amides is 2. The Kier molecular flexibility index (Phi) is 6.31. The van der Waals surface area contributed by atoms with Gasteiger partial charge < -0.3 is 19.7 Å². The van der Waals surface area contributed by atoms with Gasteiger partial charge in [-0.1, -0.05) is 20.8 Å². The smallest absolute Gasteiger partial charge is 0.371 e. The minimum absolute atomic E-state index is 0.0331. The predicted octanol–water partition coefficient (Wildman–Crippen LogP) is 2.10. The lowest BCUT2D eigenvalue weighted by Crippen LogP contribution is -2.73. The van der Waals surface area contributed by atoms with Crippen molar-refractivity contribution >= 4 is 17.8 Å². The zero-order chi connectivity index (χ0) is 21.2. The molecule has 0 aromatic carbocycles. The Hall–Kier alpha value is -2.35. The van der Waals surface area contributed by atoms with E-state index in [9.17, 15) is 14.4 Å². The average Bonchev–Trinajstić information content (AvgIpc) is 3.13. The molecule has 0 radical (unpaired) electrons. The van der Waals surface area contributed by atoms with Crippen LogP contribution >= 0.6 is 0 Å². The normalized spacial score (nSPS) is 22.3. The number of piperazine rings is 1. The molecule has 2 aliphatic heterocycles. The summed E-state index contributed by atoms with van der Waals surface area (Å²) in [5.41, 5.74) is -0.785. The highest BCUT2D eigenvalue weighted by molar-refractivity contribution is 6.00. The molecule has 2 aliphatic rings. The Morgan fingerprint density at radius 1 is 1.31 bits per heavy atom. The monoisotopic (exact) mass is 405 g/mol. The quantitative estimate of drug-likeness (QED) is 0.720. The maximum absolute atomic E-state index is 13.1. The van der Waals surface area contributed by atoms with E-state index < -0.39 is 17.6 Å². The third-order valence-corrected chi connectivity index (χ3v) is 5.90. The number of likely N-dealkylation sites (tertiary alicyclic amines) is 1. The lowest BCUT2D eigenvalue weighted by molar-refractivity contribution is -0.161. The molecule has 8 nitrogen and oxygen atoms in total. The van der Waals surface area contributed by atoms with E-state index in [0.29, 0.717) is 57.1 Å². The zero-order valence-corrected chi connectivity index (χ0v) is 17.4. The molecule has 2 N–H and O–H groups in total. The second-order valence-electron chi connectivity index (χ2n) is 8.52. The van der Waals surface area contributed by atoms with Crippen molar-refractivity contribution in [3.05, 3.63) is 23.7 Å². The first-order valence-corrected chi connectivity index (χ1v) is 10.4. The lowest BCUT2D eigenvalue weighted by atomic mass is 9.81. The van der Waals surface area contributed by atoms with Gasteiger partial charge in [-0.05, 0) is 43.7 Å². The summed E-state index contributed by atoms with van der Waals surface area (Å²) in [6, 6.07) is 2.69. The molecule has 1 aromatic heterocycles. The van der Waals surface area contributed by atoms with Crippen LogP contribution in [-0.4, -0.2) is 63.9 Å². The van der Waals surface area contributed by atoms with Gasteiger partial charge in [-0.25, -0.2) is 4.79 Å². The highest BCUT2D eigenvalue weighted by Crippen LogP contribution is 2.34. The first-order chi connectivity index (χ1) is 13.8.